The molecule has 6 nitrogen and oxygen atoms in total. The number of carbonyl (C=O) groups is 1. The summed E-state index contributed by atoms with van der Waals surface area (Å²) in [5, 5.41) is 9.53. The predicted octanol–water partition coefficient (Wildman–Crippen LogP) is 1.32. The summed E-state index contributed by atoms with van der Waals surface area (Å²) in [6, 6.07) is 3.53. The number of hydrogen-bond acceptors (Lipinski definition) is 6. The van der Waals surface area contributed by atoms with Gasteiger partial charge in [0.2, 0.25) is 0 Å². The number of carbonyl (C=O) groups excluding carboxylic acids is 1. The molecule has 0 spiro atoms. The van der Waals surface area contributed by atoms with Gasteiger partial charge in [0.15, 0.2) is 4.83 Å². The van der Waals surface area contributed by atoms with Crippen LogP contribution in [0.25, 0.3) is 10.2 Å². The molecule has 0 aliphatic rings. The van der Waals surface area contributed by atoms with Crippen LogP contribution in [0.1, 0.15) is 29.1 Å². The number of nitrogens with two attached hydrogens (primary N) is 2. The predicted molar refractivity (Wildman–Crippen MR) is 72.5 cm³/mol. The normalized spacial score (nSPS) is 10.6. The van der Waals surface area contributed by atoms with Crippen molar-refractivity contribution in [3.8, 4) is 6.07 Å². The highest BCUT2D eigenvalue weighted by Gasteiger charge is 2.22. The van der Waals surface area contributed by atoms with E-state index in [0.29, 0.717) is 26.3 Å². The lowest BCUT2D eigenvalue weighted by Crippen LogP contribution is -2.11. The van der Waals surface area contributed by atoms with Crippen molar-refractivity contribution in [3.63, 3.8) is 0 Å². The number of nitrogens with one attached hydrogen (secondary N) is 1. The minimum absolute atomic E-state index is 0.221. The maximum atomic E-state index is 11.9. The van der Waals surface area contributed by atoms with Gasteiger partial charge in [-0.3, -0.25) is 5.73 Å². The van der Waals surface area contributed by atoms with E-state index >= 15 is 0 Å². The van der Waals surface area contributed by atoms with Gasteiger partial charge in [-0.15, -0.1) is 0 Å². The SMILES string of the molecule is CC(C)OC(=O)c1sc2[nH+]c(N)c(C#N)cc2c1N. The number of fused-ring (bicyclic) bond motifs is 1. The van der Waals surface area contributed by atoms with Crippen LogP contribution in [0.4, 0.5) is 11.5 Å². The number of anilines is 2. The van der Waals surface area contributed by atoms with E-state index < -0.39 is 5.97 Å². The van der Waals surface area contributed by atoms with Gasteiger partial charge in [0.1, 0.15) is 16.5 Å². The minimum Gasteiger partial charge on any atom is -0.459 e. The summed E-state index contributed by atoms with van der Waals surface area (Å²) in [5.41, 5.74) is 12.2. The molecule has 2 aromatic rings. The fraction of sp³-hybridized carbons (Fsp3) is 0.250. The third-order valence-corrected chi connectivity index (χ3v) is 3.58. The molecule has 0 unspecified atom stereocenters. The molecule has 2 aromatic heterocycles. The maximum Gasteiger partial charge on any atom is 0.350 e. The molecule has 5 N–H and O–H groups in total. The Kier molecular flexibility index (Phi) is 3.27. The number of nitriles is 1. The molecule has 0 aromatic carbocycles. The van der Waals surface area contributed by atoms with Crippen molar-refractivity contribution in [1.82, 2.24) is 0 Å². The van der Waals surface area contributed by atoms with Crippen molar-refractivity contribution in [2.24, 2.45) is 0 Å². The second-order valence-corrected chi connectivity index (χ2v) is 5.27. The summed E-state index contributed by atoms with van der Waals surface area (Å²) >= 11 is 1.16. The number of rotatable bonds is 2. The van der Waals surface area contributed by atoms with Gasteiger partial charge in [-0.05, 0) is 19.9 Å². The lowest BCUT2D eigenvalue weighted by Gasteiger charge is -2.06. The van der Waals surface area contributed by atoms with E-state index in [1.54, 1.807) is 19.9 Å². The first-order valence-corrected chi connectivity index (χ1v) is 6.40. The topological polar surface area (TPSA) is 116 Å². The summed E-state index contributed by atoms with van der Waals surface area (Å²) in [4.78, 5) is 15.7. The molecular formula is C12H13N4O2S+. The number of ether oxygens (including phenoxy) is 1. The fourth-order valence-corrected chi connectivity index (χ4v) is 2.61. The molecule has 0 fully saturated rings. The molecule has 0 saturated heterocycles. The highest BCUT2D eigenvalue weighted by atomic mass is 32.1. The third-order valence-electron chi connectivity index (χ3n) is 2.46. The lowest BCUT2D eigenvalue weighted by atomic mass is 10.2. The van der Waals surface area contributed by atoms with Crippen molar-refractivity contribution < 1.29 is 14.5 Å². The van der Waals surface area contributed by atoms with E-state index in [1.165, 1.54) is 0 Å². The molecule has 0 atom stereocenters. The van der Waals surface area contributed by atoms with Gasteiger partial charge < -0.3 is 10.5 Å². The Bertz CT molecular complexity index is 700. The van der Waals surface area contributed by atoms with Gasteiger partial charge in [0, 0.05) is 0 Å². The zero-order chi connectivity index (χ0) is 14.2. The molecule has 2 rings (SSSR count). The molecule has 0 aliphatic carbocycles. The smallest absolute Gasteiger partial charge is 0.350 e. The van der Waals surface area contributed by atoms with Gasteiger partial charge >= 0.3 is 5.97 Å². The number of thiophene rings is 1. The summed E-state index contributed by atoms with van der Waals surface area (Å²) in [5.74, 6) is -0.223. The molecule has 0 radical (unpaired) electrons. The van der Waals surface area contributed by atoms with E-state index in [-0.39, 0.29) is 11.9 Å². The Morgan fingerprint density at radius 3 is 2.79 bits per heavy atom. The largest absolute Gasteiger partial charge is 0.459 e. The van der Waals surface area contributed by atoms with Crippen molar-refractivity contribution in [1.29, 1.82) is 5.26 Å². The minimum atomic E-state index is -0.473. The van der Waals surface area contributed by atoms with Crippen LogP contribution >= 0.6 is 11.3 Å². The van der Waals surface area contributed by atoms with Gasteiger partial charge in [-0.1, -0.05) is 11.3 Å². The first-order valence-electron chi connectivity index (χ1n) is 5.59. The quantitative estimate of drug-likeness (QED) is 0.803. The second-order valence-electron chi connectivity index (χ2n) is 4.25. The van der Waals surface area contributed by atoms with Crippen LogP contribution in [-0.4, -0.2) is 12.1 Å². The molecule has 0 saturated carbocycles. The first kappa shape index (κ1) is 13.1. The van der Waals surface area contributed by atoms with Gasteiger partial charge in [0.25, 0.3) is 5.82 Å². The monoisotopic (exact) mass is 277 g/mol. The van der Waals surface area contributed by atoms with Crippen LogP contribution in [0.2, 0.25) is 0 Å². The Balaban J connectivity index is 2.57. The average Bonchev–Trinajstić information content (AvgIpc) is 2.64. The van der Waals surface area contributed by atoms with Crippen molar-refractivity contribution in [2.45, 2.75) is 20.0 Å². The number of aromatic nitrogens is 1. The highest BCUT2D eigenvalue weighted by Crippen LogP contribution is 2.33. The Hall–Kier alpha value is -2.33. The molecule has 0 bridgehead atoms. The van der Waals surface area contributed by atoms with Crippen LogP contribution in [0.5, 0.6) is 0 Å². The molecular weight excluding hydrogens is 264 g/mol. The highest BCUT2D eigenvalue weighted by molar-refractivity contribution is 7.20. The summed E-state index contributed by atoms with van der Waals surface area (Å²) in [6.07, 6.45) is -0.221. The first-order chi connectivity index (χ1) is 8.93. The standard InChI is InChI=1S/C12H12N4O2S/c1-5(2)18-12(17)9-8(14)7-3-6(4-13)10(15)16-11(7)19-9/h3,5H,14H2,1-2H3,(H2,15,16)/p+1. The molecule has 0 amide bonds. The number of nitrogen functional groups attached to an aromatic ring is 2. The van der Waals surface area contributed by atoms with Crippen LogP contribution in [0, 0.1) is 11.3 Å². The molecule has 19 heavy (non-hydrogen) atoms. The van der Waals surface area contributed by atoms with E-state index in [2.05, 4.69) is 4.98 Å². The van der Waals surface area contributed by atoms with Crippen molar-refractivity contribution in [3.05, 3.63) is 16.5 Å². The zero-order valence-electron chi connectivity index (χ0n) is 10.5. The van der Waals surface area contributed by atoms with Crippen molar-refractivity contribution >= 4 is 39.0 Å². The summed E-state index contributed by atoms with van der Waals surface area (Å²) in [6.45, 7) is 3.53. The summed E-state index contributed by atoms with van der Waals surface area (Å²) < 4.78 is 5.11. The Morgan fingerprint density at radius 2 is 2.21 bits per heavy atom. The number of H-pyrrole nitrogens is 1. The number of esters is 1. The zero-order valence-corrected chi connectivity index (χ0v) is 11.3. The Labute approximate surface area is 113 Å². The fourth-order valence-electron chi connectivity index (χ4n) is 1.62. The molecule has 0 aliphatic heterocycles. The third kappa shape index (κ3) is 2.30. The van der Waals surface area contributed by atoms with Crippen LogP contribution < -0.4 is 16.5 Å². The summed E-state index contributed by atoms with van der Waals surface area (Å²) in [7, 11) is 0. The number of nitrogens with zero attached hydrogens (tertiary/aromatic N) is 1. The number of pyridine rings is 1. The molecule has 7 heteroatoms. The lowest BCUT2D eigenvalue weighted by molar-refractivity contribution is -0.323. The second kappa shape index (κ2) is 4.74. The van der Waals surface area contributed by atoms with Crippen LogP contribution in [0.3, 0.4) is 0 Å². The van der Waals surface area contributed by atoms with Crippen molar-refractivity contribution in [2.75, 3.05) is 11.5 Å². The van der Waals surface area contributed by atoms with Crippen LogP contribution in [0.15, 0.2) is 6.07 Å². The van der Waals surface area contributed by atoms with E-state index in [9.17, 15) is 4.79 Å². The Morgan fingerprint density at radius 1 is 1.53 bits per heavy atom. The van der Waals surface area contributed by atoms with Gasteiger partial charge in [-0.25, -0.2) is 9.78 Å². The molecule has 2 heterocycles. The van der Waals surface area contributed by atoms with Gasteiger partial charge in [-0.2, -0.15) is 5.26 Å². The van der Waals surface area contributed by atoms with Gasteiger partial charge in [0.05, 0.1) is 17.2 Å². The number of aromatic amines is 1. The average molecular weight is 277 g/mol. The number of hydrogen-bond donors (Lipinski definition) is 2. The van der Waals surface area contributed by atoms with E-state index in [1.807, 2.05) is 6.07 Å². The van der Waals surface area contributed by atoms with Crippen LogP contribution in [-0.2, 0) is 4.74 Å². The van der Waals surface area contributed by atoms with E-state index in [4.69, 9.17) is 21.5 Å². The maximum absolute atomic E-state index is 11.9. The van der Waals surface area contributed by atoms with E-state index in [0.717, 1.165) is 11.3 Å². The molecule has 98 valence electrons.